The van der Waals surface area contributed by atoms with Gasteiger partial charge in [-0.25, -0.2) is 4.39 Å². The summed E-state index contributed by atoms with van der Waals surface area (Å²) in [4.78, 5) is 0. The molecular weight excluding hydrogens is 268 g/mol. The van der Waals surface area contributed by atoms with Crippen LogP contribution >= 0.6 is 22.6 Å². The number of hydrogen-bond donors (Lipinski definition) is 0. The molecule has 0 atom stereocenters. The molecule has 0 aliphatic carbocycles. The smallest absolute Gasteiger partial charge is 0.138 e. The fourth-order valence-corrected chi connectivity index (χ4v) is 2.19. The lowest BCUT2D eigenvalue weighted by Crippen LogP contribution is -1.89. The second-order valence-electron chi connectivity index (χ2n) is 2.73. The highest BCUT2D eigenvalue weighted by molar-refractivity contribution is 14.1. The number of rotatable bonds is 0. The van der Waals surface area contributed by atoms with Gasteiger partial charge in [0.1, 0.15) is 5.82 Å². The van der Waals surface area contributed by atoms with E-state index < -0.39 is 0 Å². The van der Waals surface area contributed by atoms with Crippen LogP contribution in [0, 0.1) is 9.39 Å². The van der Waals surface area contributed by atoms with E-state index in [4.69, 9.17) is 0 Å². The van der Waals surface area contributed by atoms with Crippen molar-refractivity contribution in [2.24, 2.45) is 7.05 Å². The third kappa shape index (κ3) is 1.03. The van der Waals surface area contributed by atoms with Crippen LogP contribution in [0.3, 0.4) is 0 Å². The molecule has 0 bridgehead atoms. The van der Waals surface area contributed by atoms with Crippen LogP contribution in [0.4, 0.5) is 4.39 Å². The lowest BCUT2D eigenvalue weighted by atomic mass is 10.2. The predicted molar refractivity (Wildman–Crippen MR) is 55.6 cm³/mol. The number of fused-ring (bicyclic) bond motifs is 1. The van der Waals surface area contributed by atoms with Crippen LogP contribution in [-0.4, -0.2) is 4.57 Å². The third-order valence-electron chi connectivity index (χ3n) is 1.93. The van der Waals surface area contributed by atoms with Crippen molar-refractivity contribution >= 4 is 33.5 Å². The minimum atomic E-state index is -0.148. The van der Waals surface area contributed by atoms with Crippen molar-refractivity contribution in [2.45, 2.75) is 0 Å². The highest BCUT2D eigenvalue weighted by atomic mass is 127. The summed E-state index contributed by atoms with van der Waals surface area (Å²) in [5.74, 6) is -0.148. The Morgan fingerprint density at radius 2 is 2.08 bits per heavy atom. The molecule has 0 radical (unpaired) electrons. The van der Waals surface area contributed by atoms with E-state index in [1.54, 1.807) is 6.07 Å². The topological polar surface area (TPSA) is 4.93 Å². The zero-order chi connectivity index (χ0) is 8.72. The van der Waals surface area contributed by atoms with Gasteiger partial charge in [-0.15, -0.1) is 0 Å². The van der Waals surface area contributed by atoms with Gasteiger partial charge in [-0.1, -0.05) is 0 Å². The molecule has 2 aromatic rings. The van der Waals surface area contributed by atoms with Crippen LogP contribution in [0.2, 0.25) is 0 Å². The van der Waals surface area contributed by atoms with Gasteiger partial charge in [0.05, 0.1) is 9.09 Å². The maximum absolute atomic E-state index is 13.1. The van der Waals surface area contributed by atoms with E-state index in [0.29, 0.717) is 3.57 Å². The van der Waals surface area contributed by atoms with Gasteiger partial charge in [-0.05, 0) is 40.8 Å². The zero-order valence-electron chi connectivity index (χ0n) is 6.51. The van der Waals surface area contributed by atoms with E-state index in [1.165, 1.54) is 6.07 Å². The van der Waals surface area contributed by atoms with E-state index in [9.17, 15) is 4.39 Å². The van der Waals surface area contributed by atoms with Crippen molar-refractivity contribution in [2.75, 3.05) is 0 Å². The lowest BCUT2D eigenvalue weighted by molar-refractivity contribution is 0.621. The van der Waals surface area contributed by atoms with E-state index in [0.717, 1.165) is 10.9 Å². The molecule has 1 heterocycles. The number of hydrogen-bond acceptors (Lipinski definition) is 0. The Hall–Kier alpha value is -0.580. The molecule has 3 heteroatoms. The number of halogens is 2. The van der Waals surface area contributed by atoms with Crippen LogP contribution in [0.15, 0.2) is 24.4 Å². The molecule has 0 fully saturated rings. The number of benzene rings is 1. The minimum absolute atomic E-state index is 0.148. The second kappa shape index (κ2) is 2.73. The number of aromatic nitrogens is 1. The van der Waals surface area contributed by atoms with Gasteiger partial charge in [0.2, 0.25) is 0 Å². The van der Waals surface area contributed by atoms with Gasteiger partial charge in [0, 0.05) is 18.6 Å². The van der Waals surface area contributed by atoms with Crippen molar-refractivity contribution in [1.82, 2.24) is 4.57 Å². The summed E-state index contributed by atoms with van der Waals surface area (Å²) >= 11 is 2.03. The Balaban J connectivity index is 2.96. The van der Waals surface area contributed by atoms with Gasteiger partial charge >= 0.3 is 0 Å². The Bertz CT molecular complexity index is 433. The Morgan fingerprint density at radius 3 is 2.83 bits per heavy atom. The lowest BCUT2D eigenvalue weighted by Gasteiger charge is -1.99. The molecular formula is C9H7FIN. The van der Waals surface area contributed by atoms with Crippen LogP contribution < -0.4 is 0 Å². The molecule has 1 aromatic carbocycles. The van der Waals surface area contributed by atoms with Gasteiger partial charge in [-0.2, -0.15) is 0 Å². The maximum Gasteiger partial charge on any atom is 0.138 e. The maximum atomic E-state index is 13.1. The standard InChI is InChI=1S/C9H7FIN/c1-12-5-4-6-2-3-7(10)8(11)9(6)12/h2-5H,1H3. The van der Waals surface area contributed by atoms with Crippen LogP contribution in [0.5, 0.6) is 0 Å². The van der Waals surface area contributed by atoms with Gasteiger partial charge < -0.3 is 4.57 Å². The van der Waals surface area contributed by atoms with Crippen molar-refractivity contribution in [1.29, 1.82) is 0 Å². The van der Waals surface area contributed by atoms with Gasteiger partial charge in [0.15, 0.2) is 0 Å². The molecule has 0 saturated carbocycles. The molecule has 0 spiro atoms. The predicted octanol–water partition coefficient (Wildman–Crippen LogP) is 2.92. The van der Waals surface area contributed by atoms with E-state index >= 15 is 0 Å². The van der Waals surface area contributed by atoms with Crippen molar-refractivity contribution in [3.8, 4) is 0 Å². The summed E-state index contributed by atoms with van der Waals surface area (Å²) in [6, 6.07) is 5.29. The summed E-state index contributed by atoms with van der Waals surface area (Å²) in [5, 5.41) is 1.09. The summed E-state index contributed by atoms with van der Waals surface area (Å²) < 4.78 is 15.7. The van der Waals surface area contributed by atoms with Crippen molar-refractivity contribution < 1.29 is 4.39 Å². The zero-order valence-corrected chi connectivity index (χ0v) is 8.67. The number of nitrogens with zero attached hydrogens (tertiary/aromatic N) is 1. The molecule has 0 amide bonds. The summed E-state index contributed by atoms with van der Waals surface area (Å²) in [6.45, 7) is 0. The van der Waals surface area contributed by atoms with Crippen molar-refractivity contribution in [3.63, 3.8) is 0 Å². The van der Waals surface area contributed by atoms with Crippen molar-refractivity contribution in [3.05, 3.63) is 33.8 Å². The SMILES string of the molecule is Cn1ccc2ccc(F)c(I)c21. The highest BCUT2D eigenvalue weighted by Gasteiger charge is 2.06. The molecule has 0 unspecified atom stereocenters. The minimum Gasteiger partial charge on any atom is -0.350 e. The summed E-state index contributed by atoms with van der Waals surface area (Å²) in [6.07, 6.45) is 1.94. The Labute approximate surface area is 83.3 Å². The fourth-order valence-electron chi connectivity index (χ4n) is 1.31. The van der Waals surface area contributed by atoms with Crippen LogP contribution in [0.25, 0.3) is 10.9 Å². The second-order valence-corrected chi connectivity index (χ2v) is 3.80. The average molecular weight is 275 g/mol. The first-order chi connectivity index (χ1) is 5.70. The van der Waals surface area contributed by atoms with Gasteiger partial charge in [0.25, 0.3) is 0 Å². The third-order valence-corrected chi connectivity index (χ3v) is 2.96. The summed E-state index contributed by atoms with van der Waals surface area (Å²) in [7, 11) is 1.92. The van der Waals surface area contributed by atoms with Gasteiger partial charge in [-0.3, -0.25) is 0 Å². The monoisotopic (exact) mass is 275 g/mol. The highest BCUT2D eigenvalue weighted by Crippen LogP contribution is 2.23. The molecule has 0 N–H and O–H groups in total. The summed E-state index contributed by atoms with van der Waals surface area (Å²) in [5.41, 5.74) is 0.968. The molecule has 2 rings (SSSR count). The number of aryl methyl sites for hydroxylation is 1. The normalized spacial score (nSPS) is 10.9. The molecule has 0 saturated heterocycles. The molecule has 0 aliphatic heterocycles. The van der Waals surface area contributed by atoms with E-state index in [1.807, 2.05) is 46.5 Å². The van der Waals surface area contributed by atoms with Crippen LogP contribution in [-0.2, 0) is 7.05 Å². The Kier molecular flexibility index (Phi) is 1.83. The van der Waals surface area contributed by atoms with Crippen LogP contribution in [0.1, 0.15) is 0 Å². The molecule has 1 nitrogen and oxygen atoms in total. The Morgan fingerprint density at radius 1 is 1.33 bits per heavy atom. The molecule has 0 aliphatic rings. The van der Waals surface area contributed by atoms with E-state index in [-0.39, 0.29) is 5.82 Å². The first-order valence-electron chi connectivity index (χ1n) is 3.59. The fraction of sp³-hybridized carbons (Fsp3) is 0.111. The molecule has 12 heavy (non-hydrogen) atoms. The van der Waals surface area contributed by atoms with E-state index in [2.05, 4.69) is 0 Å². The largest absolute Gasteiger partial charge is 0.350 e. The molecule has 1 aromatic heterocycles. The first kappa shape index (κ1) is 8.04. The molecule has 62 valence electrons. The average Bonchev–Trinajstić information content (AvgIpc) is 2.41. The first-order valence-corrected chi connectivity index (χ1v) is 4.67. The quantitative estimate of drug-likeness (QED) is 0.651.